The maximum absolute atomic E-state index is 11.8. The largest absolute Gasteiger partial charge is 0.490 e. The van der Waals surface area contributed by atoms with Crippen molar-refractivity contribution < 1.29 is 14.3 Å². The summed E-state index contributed by atoms with van der Waals surface area (Å²) in [5.41, 5.74) is 7.45. The molecule has 1 amide bonds. The average Bonchev–Trinajstić information content (AvgIpc) is 3.27. The predicted octanol–water partition coefficient (Wildman–Crippen LogP) is -2.62. The molecule has 24 heavy (non-hydrogen) atoms. The van der Waals surface area contributed by atoms with Crippen molar-refractivity contribution in [2.75, 3.05) is 5.73 Å². The molecule has 124 valence electrons. The first-order valence-corrected chi connectivity index (χ1v) is 6.09. The van der Waals surface area contributed by atoms with Crippen LogP contribution in [0, 0.1) is 10.1 Å². The molecular formula is C8H8N12O4. The van der Waals surface area contributed by atoms with Crippen molar-refractivity contribution in [3.05, 3.63) is 27.8 Å². The van der Waals surface area contributed by atoms with Gasteiger partial charge in [-0.05, 0) is 15.2 Å². The van der Waals surface area contributed by atoms with Crippen molar-refractivity contribution in [2.24, 2.45) is 5.84 Å². The van der Waals surface area contributed by atoms with Crippen LogP contribution in [0.1, 0.15) is 16.2 Å². The summed E-state index contributed by atoms with van der Waals surface area (Å²) in [7, 11) is 0. The van der Waals surface area contributed by atoms with Crippen molar-refractivity contribution in [1.82, 2.24) is 45.5 Å². The molecule has 0 aliphatic heterocycles. The summed E-state index contributed by atoms with van der Waals surface area (Å²) >= 11 is 0. The minimum atomic E-state index is -0.765. The van der Waals surface area contributed by atoms with E-state index >= 15 is 0 Å². The average molecular weight is 336 g/mol. The lowest BCUT2D eigenvalue weighted by atomic mass is 10.3. The quantitative estimate of drug-likeness (QED) is 0.188. The first kappa shape index (κ1) is 15.0. The fraction of sp³-hybridized carbons (Fsp3) is 0.125. The monoisotopic (exact) mass is 336 g/mol. The van der Waals surface area contributed by atoms with Crippen molar-refractivity contribution in [3.63, 3.8) is 0 Å². The highest BCUT2D eigenvalue weighted by atomic mass is 16.6. The lowest BCUT2D eigenvalue weighted by Gasteiger charge is -2.03. The van der Waals surface area contributed by atoms with E-state index in [1.165, 1.54) is 0 Å². The summed E-state index contributed by atoms with van der Waals surface area (Å²) in [5.74, 6) is 3.61. The molecule has 3 aromatic heterocycles. The van der Waals surface area contributed by atoms with Gasteiger partial charge in [0.25, 0.3) is 5.91 Å². The Morgan fingerprint density at radius 3 is 2.83 bits per heavy atom. The van der Waals surface area contributed by atoms with E-state index in [9.17, 15) is 14.9 Å². The molecule has 0 saturated carbocycles. The molecule has 5 N–H and O–H groups in total. The molecule has 3 heterocycles. The van der Waals surface area contributed by atoms with Gasteiger partial charge in [-0.1, -0.05) is 10.2 Å². The number of carbonyl (C=O) groups is 1. The topological polar surface area (TPSA) is 225 Å². The number of nitrogens with zero attached hydrogens (tertiary/aromatic N) is 9. The van der Waals surface area contributed by atoms with Crippen LogP contribution in [0.5, 0.6) is 0 Å². The number of nitrogens with two attached hydrogens (primary N) is 2. The third-order valence-electron chi connectivity index (χ3n) is 2.80. The Morgan fingerprint density at radius 1 is 1.46 bits per heavy atom. The zero-order chi connectivity index (χ0) is 17.3. The summed E-state index contributed by atoms with van der Waals surface area (Å²) in [6.45, 7) is -0.164. The zero-order valence-corrected chi connectivity index (χ0v) is 11.6. The highest BCUT2D eigenvalue weighted by molar-refractivity contribution is 5.92. The third kappa shape index (κ3) is 2.47. The molecule has 0 radical (unpaired) electrons. The Kier molecular flexibility index (Phi) is 3.54. The second kappa shape index (κ2) is 5.68. The minimum Gasteiger partial charge on any atom is -0.390 e. The summed E-state index contributed by atoms with van der Waals surface area (Å²) in [5, 5.41) is 28.7. The van der Waals surface area contributed by atoms with E-state index in [0.29, 0.717) is 0 Å². The number of anilines is 1. The Balaban J connectivity index is 2.06. The van der Waals surface area contributed by atoms with Crippen LogP contribution in [0.4, 0.5) is 11.8 Å². The van der Waals surface area contributed by atoms with Gasteiger partial charge in [0.2, 0.25) is 18.0 Å². The molecule has 0 bridgehead atoms. The molecule has 0 unspecified atom stereocenters. The number of hydrazine groups is 1. The number of nitrogens with one attached hydrogen (secondary N) is 1. The van der Waals surface area contributed by atoms with Gasteiger partial charge >= 0.3 is 5.95 Å². The minimum absolute atomic E-state index is 0.0248. The Labute approximate surface area is 130 Å². The molecule has 0 saturated heterocycles. The zero-order valence-electron chi connectivity index (χ0n) is 11.6. The molecule has 16 nitrogen and oxygen atoms in total. The van der Waals surface area contributed by atoms with Gasteiger partial charge in [0.05, 0.1) is 0 Å². The SMILES string of the molecule is NNC(=O)c1nnn(-c2nonc2N)c1Cn1cnc([N+](=O)[O-])n1. The van der Waals surface area contributed by atoms with Gasteiger partial charge in [-0.2, -0.15) is 9.36 Å². The number of carbonyl (C=O) groups excluding carboxylic acids is 1. The first-order chi connectivity index (χ1) is 11.5. The van der Waals surface area contributed by atoms with Gasteiger partial charge in [-0.3, -0.25) is 10.2 Å². The Hall–Kier alpha value is -3.95. The highest BCUT2D eigenvalue weighted by Crippen LogP contribution is 2.16. The van der Waals surface area contributed by atoms with Crippen molar-refractivity contribution >= 4 is 17.7 Å². The van der Waals surface area contributed by atoms with Crippen LogP contribution in [0.25, 0.3) is 5.82 Å². The van der Waals surface area contributed by atoms with Gasteiger partial charge in [-0.25, -0.2) is 10.5 Å². The van der Waals surface area contributed by atoms with Crippen LogP contribution >= 0.6 is 0 Å². The van der Waals surface area contributed by atoms with Gasteiger partial charge in [0.15, 0.2) is 5.69 Å². The van der Waals surface area contributed by atoms with E-state index in [1.54, 1.807) is 0 Å². The Morgan fingerprint density at radius 2 is 2.25 bits per heavy atom. The van der Waals surface area contributed by atoms with Crippen LogP contribution in [-0.2, 0) is 6.54 Å². The van der Waals surface area contributed by atoms with E-state index in [1.807, 2.05) is 5.43 Å². The maximum atomic E-state index is 11.8. The van der Waals surface area contributed by atoms with Gasteiger partial charge in [0.1, 0.15) is 12.2 Å². The second-order valence-corrected chi connectivity index (χ2v) is 4.24. The third-order valence-corrected chi connectivity index (χ3v) is 2.80. The molecule has 0 fully saturated rings. The fourth-order valence-electron chi connectivity index (χ4n) is 1.79. The number of nitro groups is 1. The van der Waals surface area contributed by atoms with Crippen LogP contribution < -0.4 is 17.0 Å². The van der Waals surface area contributed by atoms with Crippen molar-refractivity contribution in [3.8, 4) is 5.82 Å². The number of hydrogen-bond acceptors (Lipinski definition) is 12. The molecule has 0 spiro atoms. The predicted molar refractivity (Wildman–Crippen MR) is 71.1 cm³/mol. The van der Waals surface area contributed by atoms with Crippen LogP contribution in [-0.4, -0.2) is 50.9 Å². The number of nitrogen functional groups attached to an aromatic ring is 2. The van der Waals surface area contributed by atoms with Gasteiger partial charge in [-0.15, -0.1) is 5.10 Å². The van der Waals surface area contributed by atoms with Crippen LogP contribution in [0.2, 0.25) is 0 Å². The van der Waals surface area contributed by atoms with E-state index in [4.69, 9.17) is 11.6 Å². The Bertz CT molecular complexity index is 908. The van der Waals surface area contributed by atoms with Gasteiger partial charge in [0, 0.05) is 5.10 Å². The summed E-state index contributed by atoms with van der Waals surface area (Å²) < 4.78 is 6.65. The van der Waals surface area contributed by atoms with E-state index in [2.05, 4.69) is 35.3 Å². The van der Waals surface area contributed by atoms with E-state index < -0.39 is 16.8 Å². The fourth-order valence-corrected chi connectivity index (χ4v) is 1.79. The molecule has 0 atom stereocenters. The lowest BCUT2D eigenvalue weighted by molar-refractivity contribution is -0.394. The normalized spacial score (nSPS) is 10.7. The molecule has 3 aromatic rings. The van der Waals surface area contributed by atoms with Crippen molar-refractivity contribution in [2.45, 2.75) is 6.54 Å². The van der Waals surface area contributed by atoms with Gasteiger partial charge < -0.3 is 15.8 Å². The highest BCUT2D eigenvalue weighted by Gasteiger charge is 2.25. The number of amides is 1. The standard InChI is InChI=1S/C8H8N12O4/c9-5-6(16-24-15-5)19-3(4(13-17-19)7(21)12-10)1-18-2-11-8(14-18)20(22)23/h2H,1,10H2,(H2,9,15)(H,12,21). The van der Waals surface area contributed by atoms with E-state index in [-0.39, 0.29) is 29.6 Å². The number of hydrogen-bond donors (Lipinski definition) is 3. The number of aromatic nitrogens is 8. The second-order valence-electron chi connectivity index (χ2n) is 4.24. The lowest BCUT2D eigenvalue weighted by Crippen LogP contribution is -2.31. The summed E-state index contributed by atoms with van der Waals surface area (Å²) in [6, 6.07) is 0. The molecule has 0 aliphatic rings. The maximum Gasteiger partial charge on any atom is 0.490 e. The molecule has 3 rings (SSSR count). The van der Waals surface area contributed by atoms with E-state index in [0.717, 1.165) is 15.7 Å². The smallest absolute Gasteiger partial charge is 0.390 e. The molecule has 16 heteroatoms. The first-order valence-electron chi connectivity index (χ1n) is 6.09. The number of rotatable bonds is 5. The summed E-state index contributed by atoms with van der Waals surface area (Å²) in [6.07, 6.45) is 1.10. The summed E-state index contributed by atoms with van der Waals surface area (Å²) in [4.78, 5) is 25.2. The molecule has 0 aromatic carbocycles. The van der Waals surface area contributed by atoms with Crippen LogP contribution in [0.15, 0.2) is 11.0 Å². The van der Waals surface area contributed by atoms with Crippen LogP contribution in [0.3, 0.4) is 0 Å². The molecule has 0 aliphatic carbocycles. The molecular weight excluding hydrogens is 328 g/mol. The van der Waals surface area contributed by atoms with Crippen molar-refractivity contribution in [1.29, 1.82) is 0 Å².